The molecule has 0 saturated heterocycles. The number of rotatable bonds is 3. The first-order valence-electron chi connectivity index (χ1n) is 8.00. The first kappa shape index (κ1) is 14.9. The molecule has 2 atom stereocenters. The number of fused-ring (bicyclic) bond motifs is 1. The number of carbonyl (C=O) groups excluding carboxylic acids is 1. The first-order valence-corrected chi connectivity index (χ1v) is 8.38. The highest BCUT2D eigenvalue weighted by molar-refractivity contribution is 6.31. The summed E-state index contributed by atoms with van der Waals surface area (Å²) in [5.41, 5.74) is 1.97. The van der Waals surface area contributed by atoms with E-state index < -0.39 is 0 Å². The lowest BCUT2D eigenvalue weighted by Gasteiger charge is -2.15. The van der Waals surface area contributed by atoms with Crippen molar-refractivity contribution < 1.29 is 9.53 Å². The maximum Gasteiger partial charge on any atom is 0.314 e. The predicted octanol–water partition coefficient (Wildman–Crippen LogP) is 5.11. The highest BCUT2D eigenvalue weighted by Crippen LogP contribution is 2.56. The third-order valence-corrected chi connectivity index (χ3v) is 5.46. The van der Waals surface area contributed by atoms with Crippen LogP contribution in [0.25, 0.3) is 0 Å². The zero-order valence-corrected chi connectivity index (χ0v) is 13.7. The number of hydrogen-bond donors (Lipinski definition) is 0. The summed E-state index contributed by atoms with van der Waals surface area (Å²) in [6.07, 6.45) is 4.92. The molecule has 2 aliphatic carbocycles. The van der Waals surface area contributed by atoms with E-state index in [1.807, 2.05) is 19.1 Å². The highest BCUT2D eigenvalue weighted by atomic mass is 35.5. The van der Waals surface area contributed by atoms with Crippen LogP contribution in [0.2, 0.25) is 5.02 Å². The Hall–Kier alpha value is -1.02. The lowest BCUT2D eigenvalue weighted by Crippen LogP contribution is -2.14. The number of benzene rings is 1. The standard InChI is InChI=1S/C18H23ClO2/c1-10(2)14-9-15(19)11(3)8-16(14)21-18(20)17-12-6-4-5-7-13(12)17/h8-10,12-13,17H,4-7H2,1-3H3. The van der Waals surface area contributed by atoms with Crippen molar-refractivity contribution in [2.45, 2.75) is 52.4 Å². The quantitative estimate of drug-likeness (QED) is 0.572. The number of halogens is 1. The van der Waals surface area contributed by atoms with Crippen LogP contribution in [0.15, 0.2) is 12.1 Å². The van der Waals surface area contributed by atoms with Crippen LogP contribution in [0, 0.1) is 24.7 Å². The third kappa shape index (κ3) is 2.83. The van der Waals surface area contributed by atoms with Crippen LogP contribution in [-0.4, -0.2) is 5.97 Å². The normalized spacial score (nSPS) is 27.4. The number of carbonyl (C=O) groups is 1. The van der Waals surface area contributed by atoms with Gasteiger partial charge >= 0.3 is 5.97 Å². The average molecular weight is 307 g/mol. The number of ether oxygens (including phenoxy) is 1. The van der Waals surface area contributed by atoms with E-state index in [2.05, 4.69) is 13.8 Å². The Bertz CT molecular complexity index is 553. The van der Waals surface area contributed by atoms with Gasteiger partial charge in [0.15, 0.2) is 0 Å². The Balaban J connectivity index is 1.78. The lowest BCUT2D eigenvalue weighted by molar-refractivity contribution is -0.136. The molecule has 0 amide bonds. The monoisotopic (exact) mass is 306 g/mol. The summed E-state index contributed by atoms with van der Waals surface area (Å²) in [7, 11) is 0. The summed E-state index contributed by atoms with van der Waals surface area (Å²) in [5.74, 6) is 2.26. The average Bonchev–Trinajstić information content (AvgIpc) is 3.16. The SMILES string of the molecule is Cc1cc(OC(=O)C2C3CCCCC32)c(C(C)C)cc1Cl. The van der Waals surface area contributed by atoms with Gasteiger partial charge in [-0.3, -0.25) is 4.79 Å². The second-order valence-corrected chi connectivity index (χ2v) is 7.26. The minimum atomic E-state index is -0.0319. The predicted molar refractivity (Wildman–Crippen MR) is 84.9 cm³/mol. The minimum absolute atomic E-state index is 0.0319. The summed E-state index contributed by atoms with van der Waals surface area (Å²) < 4.78 is 5.76. The molecule has 1 aromatic carbocycles. The molecule has 0 bridgehead atoms. The summed E-state index contributed by atoms with van der Waals surface area (Å²) >= 11 is 6.20. The van der Waals surface area contributed by atoms with E-state index in [0.29, 0.717) is 17.6 Å². The van der Waals surface area contributed by atoms with E-state index in [1.54, 1.807) is 0 Å². The maximum atomic E-state index is 12.5. The Labute approximate surface area is 131 Å². The van der Waals surface area contributed by atoms with Crippen LogP contribution in [0.5, 0.6) is 5.75 Å². The van der Waals surface area contributed by atoms with Crippen LogP contribution in [-0.2, 0) is 4.79 Å². The van der Waals surface area contributed by atoms with E-state index >= 15 is 0 Å². The molecule has 0 radical (unpaired) electrons. The van der Waals surface area contributed by atoms with Crippen molar-refractivity contribution in [3.05, 3.63) is 28.3 Å². The summed E-state index contributed by atoms with van der Waals surface area (Å²) in [4.78, 5) is 12.5. The molecule has 2 nitrogen and oxygen atoms in total. The van der Waals surface area contributed by atoms with Crippen molar-refractivity contribution in [1.82, 2.24) is 0 Å². The van der Waals surface area contributed by atoms with Gasteiger partial charge in [-0.05, 0) is 60.8 Å². The van der Waals surface area contributed by atoms with Gasteiger partial charge in [-0.15, -0.1) is 0 Å². The smallest absolute Gasteiger partial charge is 0.314 e. The zero-order chi connectivity index (χ0) is 15.1. The van der Waals surface area contributed by atoms with Crippen molar-refractivity contribution >= 4 is 17.6 Å². The second-order valence-electron chi connectivity index (χ2n) is 6.85. The summed E-state index contributed by atoms with van der Waals surface area (Å²) in [5, 5.41) is 0.735. The minimum Gasteiger partial charge on any atom is -0.426 e. The number of aryl methyl sites for hydroxylation is 1. The Morgan fingerprint density at radius 1 is 1.24 bits per heavy atom. The molecule has 2 aliphatic rings. The first-order chi connectivity index (χ1) is 9.99. The Morgan fingerprint density at radius 2 is 1.86 bits per heavy atom. The topological polar surface area (TPSA) is 26.3 Å². The Kier molecular flexibility index (Phi) is 4.00. The van der Waals surface area contributed by atoms with Crippen molar-refractivity contribution in [3.63, 3.8) is 0 Å². The Morgan fingerprint density at radius 3 is 2.43 bits per heavy atom. The van der Waals surface area contributed by atoms with Crippen molar-refractivity contribution in [1.29, 1.82) is 0 Å². The van der Waals surface area contributed by atoms with Gasteiger partial charge in [0.05, 0.1) is 5.92 Å². The van der Waals surface area contributed by atoms with Crippen LogP contribution in [0.1, 0.15) is 56.6 Å². The van der Waals surface area contributed by atoms with Gasteiger partial charge in [0.1, 0.15) is 5.75 Å². The van der Waals surface area contributed by atoms with Gasteiger partial charge in [-0.2, -0.15) is 0 Å². The lowest BCUT2D eigenvalue weighted by atomic mass is 10.0. The summed E-state index contributed by atoms with van der Waals surface area (Å²) in [6.45, 7) is 6.13. The van der Waals surface area contributed by atoms with E-state index in [0.717, 1.165) is 16.1 Å². The number of hydrogen-bond acceptors (Lipinski definition) is 2. The molecule has 0 spiro atoms. The molecule has 3 heteroatoms. The molecule has 3 rings (SSSR count). The molecule has 1 aromatic rings. The summed E-state index contributed by atoms with van der Waals surface area (Å²) in [6, 6.07) is 3.84. The largest absolute Gasteiger partial charge is 0.426 e. The third-order valence-electron chi connectivity index (χ3n) is 5.05. The molecule has 2 saturated carbocycles. The fourth-order valence-corrected chi connectivity index (χ4v) is 3.90. The van der Waals surface area contributed by atoms with Gasteiger partial charge in [0.25, 0.3) is 0 Å². The van der Waals surface area contributed by atoms with Gasteiger partial charge in [-0.1, -0.05) is 38.3 Å². The number of esters is 1. The van der Waals surface area contributed by atoms with Crippen LogP contribution < -0.4 is 4.74 Å². The fraction of sp³-hybridized carbons (Fsp3) is 0.611. The van der Waals surface area contributed by atoms with E-state index in [1.165, 1.54) is 25.7 Å². The molecule has 2 unspecified atom stereocenters. The molecule has 0 N–H and O–H groups in total. The molecule has 0 aliphatic heterocycles. The maximum absolute atomic E-state index is 12.5. The molecular weight excluding hydrogens is 284 g/mol. The zero-order valence-electron chi connectivity index (χ0n) is 13.0. The highest BCUT2D eigenvalue weighted by Gasteiger charge is 2.55. The van der Waals surface area contributed by atoms with Crippen LogP contribution in [0.3, 0.4) is 0 Å². The molecule has 114 valence electrons. The van der Waals surface area contributed by atoms with Gasteiger partial charge in [0, 0.05) is 5.02 Å². The van der Waals surface area contributed by atoms with Crippen molar-refractivity contribution in [3.8, 4) is 5.75 Å². The fourth-order valence-electron chi connectivity index (χ4n) is 3.73. The molecular formula is C18H23ClO2. The molecule has 21 heavy (non-hydrogen) atoms. The van der Waals surface area contributed by atoms with Gasteiger partial charge < -0.3 is 4.74 Å². The van der Waals surface area contributed by atoms with Crippen molar-refractivity contribution in [2.75, 3.05) is 0 Å². The van der Waals surface area contributed by atoms with Gasteiger partial charge in [0.2, 0.25) is 0 Å². The van der Waals surface area contributed by atoms with Crippen LogP contribution >= 0.6 is 11.6 Å². The molecule has 0 aromatic heterocycles. The van der Waals surface area contributed by atoms with E-state index in [4.69, 9.17) is 16.3 Å². The van der Waals surface area contributed by atoms with Crippen LogP contribution in [0.4, 0.5) is 0 Å². The van der Waals surface area contributed by atoms with E-state index in [-0.39, 0.29) is 17.8 Å². The van der Waals surface area contributed by atoms with Gasteiger partial charge in [-0.25, -0.2) is 0 Å². The van der Waals surface area contributed by atoms with E-state index in [9.17, 15) is 4.79 Å². The van der Waals surface area contributed by atoms with Crippen molar-refractivity contribution in [2.24, 2.45) is 17.8 Å². The second kappa shape index (κ2) is 5.64. The molecule has 2 fully saturated rings. The molecule has 0 heterocycles.